The van der Waals surface area contributed by atoms with Gasteiger partial charge >= 0.3 is 0 Å². The van der Waals surface area contributed by atoms with Crippen LogP contribution in [0, 0.1) is 0 Å². The van der Waals surface area contributed by atoms with Gasteiger partial charge in [0, 0.05) is 39.1 Å². The maximum Gasteiger partial charge on any atom is 0.264 e. The zero-order chi connectivity index (χ0) is 16.2. The maximum absolute atomic E-state index is 12.9. The second kappa shape index (κ2) is 6.83. The smallest absolute Gasteiger partial charge is 0.264 e. The van der Waals surface area contributed by atoms with Crippen LogP contribution in [0.5, 0.6) is 5.75 Å². The number of carbonyl (C=O) groups excluding carboxylic acids is 1. The minimum Gasteiger partial charge on any atom is -0.481 e. The fraction of sp³-hybridized carbons (Fsp3) is 0.412. The topological polar surface area (TPSA) is 59.4 Å². The Morgan fingerprint density at radius 1 is 1.39 bits per heavy atom. The molecule has 1 aromatic carbocycles. The number of nitrogens with one attached hydrogen (secondary N) is 1. The monoisotopic (exact) mass is 314 g/mol. The van der Waals surface area contributed by atoms with E-state index in [1.165, 1.54) is 0 Å². The van der Waals surface area contributed by atoms with E-state index in [1.54, 1.807) is 13.1 Å². The highest BCUT2D eigenvalue weighted by Gasteiger charge is 2.33. The Kier molecular flexibility index (Phi) is 4.62. The van der Waals surface area contributed by atoms with Gasteiger partial charge in [-0.15, -0.1) is 0 Å². The molecule has 0 spiro atoms. The molecule has 1 N–H and O–H groups in total. The van der Waals surface area contributed by atoms with Crippen LogP contribution in [0.1, 0.15) is 18.8 Å². The Labute approximate surface area is 136 Å². The minimum absolute atomic E-state index is 0.0108. The molecule has 122 valence electrons. The van der Waals surface area contributed by atoms with E-state index in [0.29, 0.717) is 18.8 Å². The number of imidazole rings is 1. The molecule has 2 unspecified atom stereocenters. The summed E-state index contributed by atoms with van der Waals surface area (Å²) in [6.07, 6.45) is 3.13. The highest BCUT2D eigenvalue weighted by Crippen LogP contribution is 2.22. The van der Waals surface area contributed by atoms with E-state index in [9.17, 15) is 4.79 Å². The molecule has 1 aliphatic heterocycles. The first-order chi connectivity index (χ1) is 11.2. The molecule has 3 rings (SSSR count). The number of rotatable bonds is 4. The van der Waals surface area contributed by atoms with Crippen LogP contribution < -0.4 is 10.1 Å². The van der Waals surface area contributed by atoms with Crippen LogP contribution >= 0.6 is 0 Å². The van der Waals surface area contributed by atoms with Crippen molar-refractivity contribution in [3.8, 4) is 5.75 Å². The van der Waals surface area contributed by atoms with Crippen LogP contribution in [0.15, 0.2) is 42.7 Å². The number of benzene rings is 1. The normalized spacial score (nSPS) is 19.4. The van der Waals surface area contributed by atoms with E-state index in [0.717, 1.165) is 12.4 Å². The zero-order valence-electron chi connectivity index (χ0n) is 13.5. The lowest BCUT2D eigenvalue weighted by molar-refractivity contribution is -0.141. The molecule has 0 radical (unpaired) electrons. The van der Waals surface area contributed by atoms with Crippen molar-refractivity contribution in [2.24, 2.45) is 7.05 Å². The number of nitrogens with zero attached hydrogens (tertiary/aromatic N) is 3. The molecule has 0 aliphatic carbocycles. The van der Waals surface area contributed by atoms with Gasteiger partial charge in [-0.25, -0.2) is 4.98 Å². The predicted molar refractivity (Wildman–Crippen MR) is 87.1 cm³/mol. The molecule has 1 amide bonds. The fourth-order valence-electron chi connectivity index (χ4n) is 2.88. The van der Waals surface area contributed by atoms with Crippen molar-refractivity contribution in [3.63, 3.8) is 0 Å². The number of aryl methyl sites for hydroxylation is 1. The molecule has 0 saturated carbocycles. The largest absolute Gasteiger partial charge is 0.481 e. The lowest BCUT2D eigenvalue weighted by atomic mass is 10.1. The summed E-state index contributed by atoms with van der Waals surface area (Å²) in [7, 11) is 1.95. The number of amides is 1. The molecule has 0 bridgehead atoms. The molecule has 2 atom stereocenters. The first kappa shape index (κ1) is 15.6. The number of carbonyl (C=O) groups is 1. The van der Waals surface area contributed by atoms with E-state index in [-0.39, 0.29) is 11.9 Å². The molecule has 23 heavy (non-hydrogen) atoms. The van der Waals surface area contributed by atoms with Gasteiger partial charge in [-0.05, 0) is 19.1 Å². The summed E-state index contributed by atoms with van der Waals surface area (Å²) in [5, 5.41) is 3.34. The third kappa shape index (κ3) is 3.37. The highest BCUT2D eigenvalue weighted by molar-refractivity contribution is 5.81. The zero-order valence-corrected chi connectivity index (χ0v) is 13.5. The highest BCUT2D eigenvalue weighted by atomic mass is 16.5. The number of hydrogen-bond acceptors (Lipinski definition) is 4. The average molecular weight is 314 g/mol. The van der Waals surface area contributed by atoms with Crippen LogP contribution in [0.3, 0.4) is 0 Å². The average Bonchev–Trinajstić information content (AvgIpc) is 3.01. The Balaban J connectivity index is 1.75. The Morgan fingerprint density at radius 2 is 2.17 bits per heavy atom. The van der Waals surface area contributed by atoms with Crippen molar-refractivity contribution in [1.82, 2.24) is 19.8 Å². The number of hydrogen-bond donors (Lipinski definition) is 1. The SMILES string of the molecule is CC(Oc1ccccc1)C(=O)N1CCNCC1c1nccn1C. The number of piperazine rings is 1. The van der Waals surface area contributed by atoms with Gasteiger partial charge in [0.1, 0.15) is 17.6 Å². The fourth-order valence-corrected chi connectivity index (χ4v) is 2.88. The summed E-state index contributed by atoms with van der Waals surface area (Å²) in [5.74, 6) is 1.58. The van der Waals surface area contributed by atoms with Crippen LogP contribution in [-0.2, 0) is 11.8 Å². The third-order valence-corrected chi connectivity index (χ3v) is 4.09. The number of ether oxygens (including phenoxy) is 1. The lowest BCUT2D eigenvalue weighted by Crippen LogP contribution is -2.52. The van der Waals surface area contributed by atoms with E-state index in [4.69, 9.17) is 4.74 Å². The minimum atomic E-state index is -0.529. The first-order valence-electron chi connectivity index (χ1n) is 7.87. The summed E-state index contributed by atoms with van der Waals surface area (Å²) in [6, 6.07) is 9.36. The lowest BCUT2D eigenvalue weighted by Gasteiger charge is -2.37. The summed E-state index contributed by atoms with van der Waals surface area (Å²) in [4.78, 5) is 19.1. The van der Waals surface area contributed by atoms with Crippen molar-refractivity contribution in [3.05, 3.63) is 48.5 Å². The van der Waals surface area contributed by atoms with Crippen molar-refractivity contribution in [1.29, 1.82) is 0 Å². The summed E-state index contributed by atoms with van der Waals surface area (Å²) in [6.45, 7) is 3.94. The van der Waals surface area contributed by atoms with E-state index < -0.39 is 6.10 Å². The van der Waals surface area contributed by atoms with Crippen molar-refractivity contribution >= 4 is 5.91 Å². The van der Waals surface area contributed by atoms with Gasteiger partial charge in [-0.2, -0.15) is 0 Å². The molecular weight excluding hydrogens is 292 g/mol. The van der Waals surface area contributed by atoms with Gasteiger partial charge in [0.05, 0.1) is 0 Å². The van der Waals surface area contributed by atoms with E-state index in [1.807, 2.05) is 53.0 Å². The molecule has 6 nitrogen and oxygen atoms in total. The Morgan fingerprint density at radius 3 is 2.87 bits per heavy atom. The van der Waals surface area contributed by atoms with Gasteiger partial charge in [0.2, 0.25) is 0 Å². The van der Waals surface area contributed by atoms with Gasteiger partial charge in [0.15, 0.2) is 6.10 Å². The number of aromatic nitrogens is 2. The molecule has 6 heteroatoms. The first-order valence-corrected chi connectivity index (χ1v) is 7.87. The summed E-state index contributed by atoms with van der Waals surface area (Å²) in [5.41, 5.74) is 0. The van der Waals surface area contributed by atoms with Crippen molar-refractivity contribution < 1.29 is 9.53 Å². The van der Waals surface area contributed by atoms with Gasteiger partial charge in [-0.1, -0.05) is 18.2 Å². The van der Waals surface area contributed by atoms with E-state index >= 15 is 0 Å². The molecule has 2 heterocycles. The maximum atomic E-state index is 12.9. The van der Waals surface area contributed by atoms with Gasteiger partial charge in [0.25, 0.3) is 5.91 Å². The molecule has 1 saturated heterocycles. The second-order valence-electron chi connectivity index (χ2n) is 5.72. The molecule has 1 aliphatic rings. The van der Waals surface area contributed by atoms with Crippen LogP contribution in [0.4, 0.5) is 0 Å². The molecular formula is C17H22N4O2. The Bertz CT molecular complexity index is 656. The molecule has 1 fully saturated rings. The van der Waals surface area contributed by atoms with Crippen molar-refractivity contribution in [2.45, 2.75) is 19.1 Å². The quantitative estimate of drug-likeness (QED) is 0.926. The van der Waals surface area contributed by atoms with Crippen molar-refractivity contribution in [2.75, 3.05) is 19.6 Å². The predicted octanol–water partition coefficient (Wildman–Crippen LogP) is 1.36. The second-order valence-corrected chi connectivity index (χ2v) is 5.72. The molecule has 2 aromatic rings. The van der Waals surface area contributed by atoms with Crippen LogP contribution in [0.2, 0.25) is 0 Å². The van der Waals surface area contributed by atoms with Crippen LogP contribution in [-0.4, -0.2) is 46.1 Å². The van der Waals surface area contributed by atoms with Gasteiger partial charge in [-0.3, -0.25) is 4.79 Å². The third-order valence-electron chi connectivity index (χ3n) is 4.09. The van der Waals surface area contributed by atoms with E-state index in [2.05, 4.69) is 10.3 Å². The summed E-state index contributed by atoms with van der Waals surface area (Å²) >= 11 is 0. The van der Waals surface area contributed by atoms with Gasteiger partial charge < -0.3 is 19.5 Å². The molecule has 1 aromatic heterocycles. The number of para-hydroxylation sites is 1. The van der Waals surface area contributed by atoms with Crippen LogP contribution in [0.25, 0.3) is 0 Å². The standard InChI is InChI=1S/C17H22N4O2/c1-13(23-14-6-4-3-5-7-14)17(22)21-11-8-18-12-15(21)16-19-9-10-20(16)2/h3-7,9-10,13,15,18H,8,11-12H2,1-2H3. The summed E-state index contributed by atoms with van der Waals surface area (Å²) < 4.78 is 7.75. The Hall–Kier alpha value is -2.34.